The molecule has 5 rings (SSSR count). The molecule has 2 N–H and O–H groups in total. The third-order valence-corrected chi connectivity index (χ3v) is 6.40. The van der Waals surface area contributed by atoms with Gasteiger partial charge in [0.15, 0.2) is 5.65 Å². The number of anilines is 1. The van der Waals surface area contributed by atoms with E-state index in [9.17, 15) is 22.4 Å². The number of hydrogen-bond donors (Lipinski definition) is 2. The number of pyridine rings is 1. The molecule has 0 bridgehead atoms. The van der Waals surface area contributed by atoms with Gasteiger partial charge in [0.2, 0.25) is 0 Å². The highest BCUT2D eigenvalue weighted by Gasteiger charge is 2.31. The lowest BCUT2D eigenvalue weighted by atomic mass is 10.0. The Bertz CT molecular complexity index is 1370. The highest BCUT2D eigenvalue weighted by molar-refractivity contribution is 7.10. The second-order valence-corrected chi connectivity index (χ2v) is 8.80. The Hall–Kier alpha value is -3.51. The fraction of sp³-hybridized carbons (Fsp3) is 0.227. The molecular formula is C22H17F4N5O2S. The van der Waals surface area contributed by atoms with Crippen molar-refractivity contribution in [2.45, 2.75) is 25.9 Å². The second-order valence-electron chi connectivity index (χ2n) is 7.84. The summed E-state index contributed by atoms with van der Waals surface area (Å²) in [5.41, 5.74) is 2.99. The van der Waals surface area contributed by atoms with E-state index in [4.69, 9.17) is 0 Å². The van der Waals surface area contributed by atoms with Gasteiger partial charge in [0.05, 0.1) is 11.8 Å². The van der Waals surface area contributed by atoms with Crippen molar-refractivity contribution in [2.24, 2.45) is 0 Å². The fourth-order valence-electron chi connectivity index (χ4n) is 3.96. The summed E-state index contributed by atoms with van der Waals surface area (Å²) in [5.74, 6) is -2.21. The third kappa shape index (κ3) is 4.87. The Balaban J connectivity index is 1.27. The SMILES string of the molecule is O=C(Nc1cc(F)cc(OC(F)(F)F)c1)c1csc2c1CCN(Cc1cnc3[nH]ncc3c1)C2. The number of rotatable bonds is 5. The number of aromatic nitrogens is 3. The van der Waals surface area contributed by atoms with Gasteiger partial charge in [-0.05, 0) is 29.7 Å². The lowest BCUT2D eigenvalue weighted by Gasteiger charge is -2.27. The zero-order valence-corrected chi connectivity index (χ0v) is 18.3. The van der Waals surface area contributed by atoms with Crippen molar-refractivity contribution in [3.8, 4) is 5.75 Å². The number of nitrogens with zero attached hydrogens (tertiary/aromatic N) is 3. The highest BCUT2D eigenvalue weighted by atomic mass is 32.1. The Morgan fingerprint density at radius 2 is 2.09 bits per heavy atom. The molecule has 0 spiro atoms. The Labute approximate surface area is 194 Å². The van der Waals surface area contributed by atoms with Crippen molar-refractivity contribution in [3.05, 3.63) is 69.4 Å². The minimum Gasteiger partial charge on any atom is -0.406 e. The standard InChI is InChI=1S/C22H17F4N5O2S/c23-14-4-15(6-16(5-14)33-22(24,25)26)29-21(32)18-11-34-19-10-31(2-1-17(18)19)9-12-3-13-8-28-30-20(13)27-7-12/h3-8,11H,1-2,9-10H2,(H,29,32)(H,27,28,30). The number of H-pyrrole nitrogens is 1. The van der Waals surface area contributed by atoms with Crippen LogP contribution >= 0.6 is 11.3 Å². The van der Waals surface area contributed by atoms with Crippen molar-refractivity contribution in [2.75, 3.05) is 11.9 Å². The summed E-state index contributed by atoms with van der Waals surface area (Å²) in [6, 6.07) is 4.50. The number of carbonyl (C=O) groups excluding carboxylic acids is 1. The summed E-state index contributed by atoms with van der Waals surface area (Å²) in [6.45, 7) is 2.06. The number of ether oxygens (including phenoxy) is 1. The van der Waals surface area contributed by atoms with Gasteiger partial charge in [-0.2, -0.15) is 5.10 Å². The number of nitrogens with one attached hydrogen (secondary N) is 2. The van der Waals surface area contributed by atoms with E-state index in [0.29, 0.717) is 31.1 Å². The molecule has 0 radical (unpaired) electrons. The maximum absolute atomic E-state index is 13.7. The molecule has 0 aliphatic carbocycles. The first-order valence-electron chi connectivity index (χ1n) is 10.2. The number of carbonyl (C=O) groups is 1. The summed E-state index contributed by atoms with van der Waals surface area (Å²) in [7, 11) is 0. The Morgan fingerprint density at radius 3 is 2.91 bits per heavy atom. The maximum atomic E-state index is 13.7. The minimum absolute atomic E-state index is 0.122. The van der Waals surface area contributed by atoms with E-state index in [1.54, 1.807) is 17.8 Å². The average molecular weight is 491 g/mol. The number of alkyl halides is 3. The number of benzene rings is 1. The molecule has 4 aromatic rings. The highest BCUT2D eigenvalue weighted by Crippen LogP contribution is 2.31. The van der Waals surface area contributed by atoms with Gasteiger partial charge >= 0.3 is 6.36 Å². The van der Waals surface area contributed by atoms with Gasteiger partial charge < -0.3 is 10.1 Å². The van der Waals surface area contributed by atoms with Crippen LogP contribution in [0, 0.1) is 5.82 Å². The number of aromatic amines is 1. The van der Waals surface area contributed by atoms with Crippen LogP contribution in [0.1, 0.15) is 26.4 Å². The molecule has 1 aromatic carbocycles. The van der Waals surface area contributed by atoms with Crippen molar-refractivity contribution in [1.82, 2.24) is 20.1 Å². The van der Waals surface area contributed by atoms with Crippen LogP contribution in [-0.4, -0.2) is 38.9 Å². The first-order valence-corrected chi connectivity index (χ1v) is 11.1. The minimum atomic E-state index is -4.96. The summed E-state index contributed by atoms with van der Waals surface area (Å²) in [4.78, 5) is 20.4. The van der Waals surface area contributed by atoms with Crippen molar-refractivity contribution in [1.29, 1.82) is 0 Å². The Kier molecular flexibility index (Phi) is 5.70. The van der Waals surface area contributed by atoms with Gasteiger partial charge in [-0.15, -0.1) is 24.5 Å². The number of hydrogen-bond acceptors (Lipinski definition) is 6. The number of halogens is 4. The topological polar surface area (TPSA) is 83.1 Å². The third-order valence-electron chi connectivity index (χ3n) is 5.39. The number of amides is 1. The first-order chi connectivity index (χ1) is 16.2. The summed E-state index contributed by atoms with van der Waals surface area (Å²) in [6.07, 6.45) is -0.803. The second kappa shape index (κ2) is 8.69. The van der Waals surface area contributed by atoms with Crippen molar-refractivity contribution < 1.29 is 27.1 Å². The molecule has 176 valence electrons. The summed E-state index contributed by atoms with van der Waals surface area (Å²) < 4.78 is 54.9. The van der Waals surface area contributed by atoms with E-state index in [-0.39, 0.29) is 5.69 Å². The predicted octanol–water partition coefficient (Wildman–Crippen LogP) is 4.87. The molecule has 0 saturated heterocycles. The number of fused-ring (bicyclic) bond motifs is 2. The molecule has 0 fully saturated rings. The molecular weight excluding hydrogens is 474 g/mol. The van der Waals surface area contributed by atoms with Crippen LogP contribution in [-0.2, 0) is 19.5 Å². The molecule has 1 amide bonds. The lowest BCUT2D eigenvalue weighted by Crippen LogP contribution is -2.30. The van der Waals surface area contributed by atoms with Crippen LogP contribution < -0.4 is 10.1 Å². The molecule has 3 aromatic heterocycles. The van der Waals surface area contributed by atoms with Crippen LogP contribution in [0.5, 0.6) is 5.75 Å². The summed E-state index contributed by atoms with van der Waals surface area (Å²) in [5, 5.41) is 11.9. The van der Waals surface area contributed by atoms with Crippen LogP contribution in [0.15, 0.2) is 42.0 Å². The van der Waals surface area contributed by atoms with Crippen molar-refractivity contribution >= 4 is 34.0 Å². The molecule has 1 aliphatic heterocycles. The van der Waals surface area contributed by atoms with Gasteiger partial charge in [0.1, 0.15) is 11.6 Å². The normalized spacial score (nSPS) is 14.2. The predicted molar refractivity (Wildman–Crippen MR) is 117 cm³/mol. The van der Waals surface area contributed by atoms with Crippen molar-refractivity contribution in [3.63, 3.8) is 0 Å². The molecule has 1 aliphatic rings. The van der Waals surface area contributed by atoms with E-state index in [1.165, 1.54) is 11.3 Å². The van der Waals surface area contributed by atoms with Gasteiger partial charge in [-0.3, -0.25) is 14.8 Å². The van der Waals surface area contributed by atoms with Crippen LogP contribution in [0.2, 0.25) is 0 Å². The zero-order chi connectivity index (χ0) is 23.9. The molecule has 12 heteroatoms. The Morgan fingerprint density at radius 1 is 1.24 bits per heavy atom. The van der Waals surface area contributed by atoms with E-state index in [0.717, 1.165) is 45.7 Å². The quantitative estimate of drug-likeness (QED) is 0.390. The average Bonchev–Trinajstić information content (AvgIpc) is 3.38. The van der Waals surface area contributed by atoms with Crippen LogP contribution in [0.25, 0.3) is 11.0 Å². The summed E-state index contributed by atoms with van der Waals surface area (Å²) >= 11 is 1.44. The van der Waals surface area contributed by atoms with E-state index >= 15 is 0 Å². The first kappa shape index (κ1) is 22.3. The molecule has 0 unspecified atom stereocenters. The number of thiophene rings is 1. The van der Waals surface area contributed by atoms with E-state index in [1.807, 2.05) is 6.07 Å². The molecule has 34 heavy (non-hydrogen) atoms. The van der Waals surface area contributed by atoms with Gasteiger partial charge in [-0.25, -0.2) is 9.37 Å². The van der Waals surface area contributed by atoms with Gasteiger partial charge in [0.25, 0.3) is 5.91 Å². The molecule has 0 atom stereocenters. The monoisotopic (exact) mass is 491 g/mol. The van der Waals surface area contributed by atoms with E-state index < -0.39 is 23.8 Å². The van der Waals surface area contributed by atoms with E-state index in [2.05, 4.69) is 30.1 Å². The van der Waals surface area contributed by atoms with Gasteiger partial charge in [-0.1, -0.05) is 0 Å². The van der Waals surface area contributed by atoms with Crippen LogP contribution in [0.4, 0.5) is 23.2 Å². The lowest BCUT2D eigenvalue weighted by molar-refractivity contribution is -0.274. The zero-order valence-electron chi connectivity index (χ0n) is 17.4. The smallest absolute Gasteiger partial charge is 0.406 e. The molecule has 0 saturated carbocycles. The van der Waals surface area contributed by atoms with Crippen LogP contribution in [0.3, 0.4) is 0 Å². The molecule has 4 heterocycles. The largest absolute Gasteiger partial charge is 0.573 e. The fourth-order valence-corrected chi connectivity index (χ4v) is 5.08. The molecule has 7 nitrogen and oxygen atoms in total. The van der Waals surface area contributed by atoms with Gasteiger partial charge in [0, 0.05) is 59.3 Å². The maximum Gasteiger partial charge on any atom is 0.573 e.